The van der Waals surface area contributed by atoms with Crippen molar-refractivity contribution in [2.24, 2.45) is 0 Å². The summed E-state index contributed by atoms with van der Waals surface area (Å²) in [5.41, 5.74) is -0.463. The Morgan fingerprint density at radius 1 is 0.0884 bits per heavy atom. The van der Waals surface area contributed by atoms with Gasteiger partial charge in [-0.3, -0.25) is 0 Å². The maximum Gasteiger partial charge on any atom is 0.107 e. The summed E-state index contributed by atoms with van der Waals surface area (Å²) in [7, 11) is 0. The van der Waals surface area contributed by atoms with E-state index in [1.807, 2.05) is 0 Å². The molecule has 0 aliphatic heterocycles. The quantitative estimate of drug-likeness (QED) is 0.0314. The van der Waals surface area contributed by atoms with Crippen LogP contribution in [-0.2, 0) is 119 Å². The van der Waals surface area contributed by atoms with E-state index in [1.165, 1.54) is 334 Å². The molecule has 0 rings (SSSR count). The third-order valence-corrected chi connectivity index (χ3v) is 25.4. The zero-order chi connectivity index (χ0) is 110. The molecule has 0 aromatic carbocycles. The fraction of sp³-hybridized carbons (Fsp3) is 1.00. The summed E-state index contributed by atoms with van der Waals surface area (Å²) in [4.78, 5) is 80.9. The van der Waals surface area contributed by atoms with Crippen molar-refractivity contribution >= 4 is 0 Å². The molecule has 0 spiro atoms. The van der Waals surface area contributed by atoms with Crippen molar-refractivity contribution in [1.29, 1.82) is 0 Å². The Balaban J connectivity index is -0.000000253. The van der Waals surface area contributed by atoms with Crippen molar-refractivity contribution in [3.05, 3.63) is 0 Å². The van der Waals surface area contributed by atoms with E-state index in [9.17, 15) is 0 Å². The first kappa shape index (κ1) is 161. The minimum absolute atomic E-state index is 0.153. The number of hydrogen-bond acceptors (Lipinski definition) is 24. The molecule has 0 aromatic rings. The van der Waals surface area contributed by atoms with Crippen molar-refractivity contribution in [3.63, 3.8) is 0 Å². The zero-order valence-electron chi connectivity index (χ0n) is 103. The van der Waals surface area contributed by atoms with Gasteiger partial charge in [0.25, 0.3) is 0 Å². The molecule has 898 valence electrons. The summed E-state index contributed by atoms with van der Waals surface area (Å²) in [6.07, 6.45) is 104. The highest BCUT2D eigenvalue weighted by atomic mass is 17.5. The van der Waals surface area contributed by atoms with Gasteiger partial charge in [-0.2, -0.15) is 14.7 Å². The molecule has 24 nitrogen and oxygen atoms in total. The van der Waals surface area contributed by atoms with Crippen LogP contribution >= 0.6 is 0 Å². The van der Waals surface area contributed by atoms with Crippen LogP contribution in [0.1, 0.15) is 698 Å². The standard InChI is InChI=1S/C22H46O3.C21H44O3.C20H42O3.C14H30O3.C13H28O3.C12H26O3.C11H24O3.C10H22O3/c1-5-9-10-11-12-13-14-15-16-17-20-22(18-6-2,19-7-3)24-25-23-21-8-4;1-5-9-10-11-12-13-14-15-16-19-21(17-6-2,18-7-3)23-24-22-20-8-4;1-5-9-10-11-12-13-14-15-18-20(16-6-2,17-7-3)22-23-21-19-8-4;1-3-5-7-8-9-10-11-12-14-16-17-15-13-6-4-2;1-3-5-7-8-9-10-11-13-15-16-14-12-6-4-2;1-3-5-7-8-9-10-12-14-15-13-11-6-4-2;1-3-5-7-8-9-11-13-14-12-10-6-4-2;1-3-5-7-8-10-12-13-11-9-6-4-2/h5-21H2,1-4H3;5-20H2,1-4H3;5-19H2,1-4H3;3-14H2,1-2H3;3-13H2,1-2H3;3-12H2,1-2H3;3-11H2,1-2H3;3-10H2,1-2H3. The maximum atomic E-state index is 5.77. The molecule has 0 bridgehead atoms. The van der Waals surface area contributed by atoms with E-state index in [2.05, 4.69) is 178 Å². The van der Waals surface area contributed by atoms with Gasteiger partial charge in [-0.1, -0.05) is 597 Å². The fourth-order valence-electron chi connectivity index (χ4n) is 16.4. The predicted molar refractivity (Wildman–Crippen MR) is 615 cm³/mol. The van der Waals surface area contributed by atoms with Crippen LogP contribution < -0.4 is 0 Å². The van der Waals surface area contributed by atoms with Crippen LogP contribution in [0, 0.1) is 0 Å². The molecule has 0 atom stereocenters. The average molecular weight is 2130 g/mol. The van der Waals surface area contributed by atoms with Gasteiger partial charge < -0.3 is 0 Å². The Bertz CT molecular complexity index is 2000. The second-order valence-electron chi connectivity index (χ2n) is 40.9. The summed E-state index contributed by atoms with van der Waals surface area (Å²) in [5.74, 6) is 0. The Labute approximate surface area is 914 Å². The third-order valence-electron chi connectivity index (χ3n) is 25.4. The van der Waals surface area contributed by atoms with Gasteiger partial charge in [0.1, 0.15) is 16.8 Å². The zero-order valence-corrected chi connectivity index (χ0v) is 103. The average Bonchev–Trinajstić information content (AvgIpc) is 0.884. The molecular weight excluding hydrogens is 1860 g/mol. The monoisotopic (exact) mass is 2120 g/mol. The van der Waals surface area contributed by atoms with Crippen LogP contribution in [0.4, 0.5) is 0 Å². The molecule has 0 aromatic heterocycles. The van der Waals surface area contributed by atoms with Crippen LogP contribution in [0.5, 0.6) is 0 Å². The number of unbranched alkanes of at least 4 members (excludes halogenated alkanes) is 54. The molecular formula is C123H262O24. The van der Waals surface area contributed by atoms with E-state index in [0.717, 1.165) is 212 Å². The summed E-state index contributed by atoms with van der Waals surface area (Å²) < 4.78 is 0. The molecule has 0 aliphatic carbocycles. The van der Waals surface area contributed by atoms with Crippen LogP contribution in [0.2, 0.25) is 0 Å². The predicted octanol–water partition coefficient (Wildman–Crippen LogP) is 42.7. The summed E-state index contributed by atoms with van der Waals surface area (Å²) in [6.45, 7) is 56.0. The van der Waals surface area contributed by atoms with Gasteiger partial charge in [0, 0.05) is 0 Å². The van der Waals surface area contributed by atoms with E-state index < -0.39 is 0 Å². The van der Waals surface area contributed by atoms with E-state index in [4.69, 9.17) is 93.3 Å². The molecule has 0 aliphatic rings. The second-order valence-corrected chi connectivity index (χ2v) is 40.9. The first-order chi connectivity index (χ1) is 72.3. The molecule has 0 fully saturated rings. The first-order valence-electron chi connectivity index (χ1n) is 63.8. The van der Waals surface area contributed by atoms with Gasteiger partial charge in [-0.15, -0.1) is 0 Å². The Morgan fingerprint density at radius 3 is 0.340 bits per heavy atom. The van der Waals surface area contributed by atoms with Crippen LogP contribution in [0.25, 0.3) is 0 Å². The minimum Gasteiger partial charge on any atom is -0.206 e. The molecule has 0 N–H and O–H groups in total. The largest absolute Gasteiger partial charge is 0.206 e. The van der Waals surface area contributed by atoms with Gasteiger partial charge >= 0.3 is 0 Å². The normalized spacial score (nSPS) is 11.4. The SMILES string of the molecule is CCCCCCCCCCC(CCC)(CCC)OOOCCC.CCCCCCCCCCCC(CCC)(CCC)OOOCCC.CCCCCCCCCCCCC(CCC)(CCC)OOOCCC.CCCCCCCCCCOOOCCCC.CCCCCCCCCOOOCCCC.CCCCCCCCOOOCCCC.CCCCCCCOOOCCCC.CCCCCCOOOCCCC. The molecule has 24 heteroatoms. The molecule has 0 saturated heterocycles. The van der Waals surface area contributed by atoms with Crippen molar-refractivity contribution in [2.45, 2.75) is 715 Å². The lowest BCUT2D eigenvalue weighted by molar-refractivity contribution is -0.545. The van der Waals surface area contributed by atoms with Crippen LogP contribution in [0.3, 0.4) is 0 Å². The van der Waals surface area contributed by atoms with E-state index in [-0.39, 0.29) is 16.8 Å². The van der Waals surface area contributed by atoms with Crippen molar-refractivity contribution in [1.82, 2.24) is 0 Å². The number of hydrogen-bond donors (Lipinski definition) is 0. The van der Waals surface area contributed by atoms with Crippen molar-refractivity contribution in [3.8, 4) is 0 Å². The van der Waals surface area contributed by atoms with Gasteiger partial charge in [0.05, 0.1) is 85.9 Å². The van der Waals surface area contributed by atoms with Crippen molar-refractivity contribution in [2.75, 3.05) is 85.9 Å². The summed E-state index contributed by atoms with van der Waals surface area (Å²) in [5, 5.41) is 38.0. The van der Waals surface area contributed by atoms with Gasteiger partial charge in [0.15, 0.2) is 0 Å². The van der Waals surface area contributed by atoms with E-state index in [0.29, 0.717) is 85.9 Å². The fourth-order valence-corrected chi connectivity index (χ4v) is 16.4. The topological polar surface area (TPSA) is 222 Å². The molecule has 147 heavy (non-hydrogen) atoms. The van der Waals surface area contributed by atoms with Gasteiger partial charge in [0.2, 0.25) is 0 Å². The third kappa shape index (κ3) is 151. The van der Waals surface area contributed by atoms with Gasteiger partial charge in [-0.25, -0.2) is 63.5 Å². The first-order valence-corrected chi connectivity index (χ1v) is 63.8. The highest BCUT2D eigenvalue weighted by Gasteiger charge is 2.34. The van der Waals surface area contributed by atoms with Crippen molar-refractivity contribution < 1.29 is 119 Å². The summed E-state index contributed by atoms with van der Waals surface area (Å²) in [6, 6.07) is 0. The van der Waals surface area contributed by atoms with E-state index in [1.54, 1.807) is 0 Å². The molecule has 0 heterocycles. The smallest absolute Gasteiger partial charge is 0.107 e. The lowest BCUT2D eigenvalue weighted by atomic mass is 9.87. The lowest BCUT2D eigenvalue weighted by Gasteiger charge is -2.31. The minimum atomic E-state index is -0.155. The second kappa shape index (κ2) is 156. The number of rotatable bonds is 117. The van der Waals surface area contributed by atoms with Crippen LogP contribution in [-0.4, -0.2) is 103 Å². The Kier molecular flexibility index (Phi) is 171. The van der Waals surface area contributed by atoms with E-state index >= 15 is 0 Å². The molecule has 0 radical (unpaired) electrons. The van der Waals surface area contributed by atoms with Crippen LogP contribution in [0.15, 0.2) is 0 Å². The highest BCUT2D eigenvalue weighted by molar-refractivity contribution is 4.81. The highest BCUT2D eigenvalue weighted by Crippen LogP contribution is 2.35. The molecule has 0 saturated carbocycles. The Hall–Kier alpha value is -0.960. The Morgan fingerprint density at radius 2 is 0.204 bits per heavy atom. The molecule has 0 amide bonds. The lowest BCUT2D eigenvalue weighted by Crippen LogP contribution is -2.33. The maximum absolute atomic E-state index is 5.77. The molecule has 0 unspecified atom stereocenters. The summed E-state index contributed by atoms with van der Waals surface area (Å²) >= 11 is 0. The van der Waals surface area contributed by atoms with Gasteiger partial charge in [-0.05, 0) is 141 Å².